The number of nitrogens with zero attached hydrogens (tertiary/aromatic N) is 2. The smallest absolute Gasteiger partial charge is 0.280 e. The first-order valence-electron chi connectivity index (χ1n) is 7.88. The molecule has 0 atom stereocenters. The van der Waals surface area contributed by atoms with Crippen molar-refractivity contribution in [2.75, 3.05) is 17.7 Å². The molecule has 1 amide bonds. The second-order valence-electron chi connectivity index (χ2n) is 5.74. The molecular weight excluding hydrogens is 354 g/mol. The summed E-state index contributed by atoms with van der Waals surface area (Å²) in [6.07, 6.45) is 0. The Morgan fingerprint density at radius 3 is 2.65 bits per heavy atom. The van der Waals surface area contributed by atoms with E-state index in [2.05, 4.69) is 26.0 Å². The second kappa shape index (κ2) is 7.45. The Hall–Kier alpha value is -3.06. The van der Waals surface area contributed by atoms with Crippen LogP contribution in [0.25, 0.3) is 0 Å². The maximum atomic E-state index is 12.6. The van der Waals surface area contributed by atoms with Crippen LogP contribution in [0.5, 0.6) is 5.75 Å². The Morgan fingerprint density at radius 2 is 1.92 bits per heavy atom. The number of nitrogens with one attached hydrogen (secondary N) is 3. The van der Waals surface area contributed by atoms with E-state index < -0.39 is 5.91 Å². The Kier molecular flexibility index (Phi) is 5.09. The molecular formula is C18H18ClN5O2. The van der Waals surface area contributed by atoms with Gasteiger partial charge in [-0.25, -0.2) is 0 Å². The maximum Gasteiger partial charge on any atom is 0.280 e. The number of hydrogen-bond acceptors (Lipinski definition) is 5. The molecule has 0 radical (unpaired) electrons. The van der Waals surface area contributed by atoms with E-state index >= 15 is 0 Å². The van der Waals surface area contributed by atoms with Crippen LogP contribution in [0.3, 0.4) is 0 Å². The van der Waals surface area contributed by atoms with Gasteiger partial charge in [0.15, 0.2) is 11.5 Å². The summed E-state index contributed by atoms with van der Waals surface area (Å²) in [7, 11) is 1.52. The van der Waals surface area contributed by atoms with E-state index in [-0.39, 0.29) is 5.69 Å². The number of methoxy groups -OCH3 is 1. The SMILES string of the molecule is COc1ccc(Cl)cc1NC(=O)c1n[nH]nc1Nc1ccc(C)c(C)c1. The third-order valence-corrected chi connectivity index (χ3v) is 4.18. The van der Waals surface area contributed by atoms with Crippen LogP contribution in [0.1, 0.15) is 21.6 Å². The van der Waals surface area contributed by atoms with Gasteiger partial charge in [-0.2, -0.15) is 5.21 Å². The van der Waals surface area contributed by atoms with Crippen LogP contribution in [-0.2, 0) is 0 Å². The molecule has 0 spiro atoms. The number of amides is 1. The van der Waals surface area contributed by atoms with Crippen LogP contribution in [-0.4, -0.2) is 28.4 Å². The molecule has 2 aromatic carbocycles. The number of aromatic amines is 1. The fraction of sp³-hybridized carbons (Fsp3) is 0.167. The summed E-state index contributed by atoms with van der Waals surface area (Å²) < 4.78 is 5.24. The number of ether oxygens (including phenoxy) is 1. The predicted octanol–water partition coefficient (Wildman–Crippen LogP) is 4.08. The van der Waals surface area contributed by atoms with E-state index in [1.54, 1.807) is 18.2 Å². The second-order valence-corrected chi connectivity index (χ2v) is 6.18. The van der Waals surface area contributed by atoms with Crippen molar-refractivity contribution in [2.24, 2.45) is 0 Å². The average molecular weight is 372 g/mol. The highest BCUT2D eigenvalue weighted by atomic mass is 35.5. The zero-order valence-electron chi connectivity index (χ0n) is 14.6. The highest BCUT2D eigenvalue weighted by molar-refractivity contribution is 6.31. The summed E-state index contributed by atoms with van der Waals surface area (Å²) in [4.78, 5) is 12.6. The summed E-state index contributed by atoms with van der Waals surface area (Å²) in [5.74, 6) is 0.382. The summed E-state index contributed by atoms with van der Waals surface area (Å²) in [6.45, 7) is 4.05. The van der Waals surface area contributed by atoms with Gasteiger partial charge in [0.2, 0.25) is 0 Å². The van der Waals surface area contributed by atoms with Crippen molar-refractivity contribution in [1.82, 2.24) is 15.4 Å². The molecule has 0 aliphatic rings. The summed E-state index contributed by atoms with van der Waals surface area (Å²) >= 11 is 5.99. The van der Waals surface area contributed by atoms with Gasteiger partial charge in [-0.15, -0.1) is 10.2 Å². The lowest BCUT2D eigenvalue weighted by Gasteiger charge is -2.11. The van der Waals surface area contributed by atoms with E-state index in [1.807, 2.05) is 32.0 Å². The number of H-pyrrole nitrogens is 1. The highest BCUT2D eigenvalue weighted by Gasteiger charge is 2.18. The van der Waals surface area contributed by atoms with Crippen molar-refractivity contribution in [2.45, 2.75) is 13.8 Å². The van der Waals surface area contributed by atoms with Gasteiger partial charge in [-0.3, -0.25) is 4.79 Å². The number of anilines is 3. The zero-order chi connectivity index (χ0) is 18.7. The van der Waals surface area contributed by atoms with Crippen LogP contribution < -0.4 is 15.4 Å². The largest absolute Gasteiger partial charge is 0.495 e. The number of carbonyl (C=O) groups excluding carboxylic acids is 1. The first-order valence-corrected chi connectivity index (χ1v) is 8.25. The van der Waals surface area contributed by atoms with Gasteiger partial charge >= 0.3 is 0 Å². The van der Waals surface area contributed by atoms with Gasteiger partial charge in [0, 0.05) is 10.7 Å². The predicted molar refractivity (Wildman–Crippen MR) is 102 cm³/mol. The van der Waals surface area contributed by atoms with Crippen molar-refractivity contribution in [3.05, 3.63) is 58.2 Å². The molecule has 0 unspecified atom stereocenters. The molecule has 7 nitrogen and oxygen atoms in total. The lowest BCUT2D eigenvalue weighted by atomic mass is 10.1. The zero-order valence-corrected chi connectivity index (χ0v) is 15.3. The van der Waals surface area contributed by atoms with Crippen LogP contribution in [0.4, 0.5) is 17.2 Å². The molecule has 0 fully saturated rings. The summed E-state index contributed by atoms with van der Waals surface area (Å²) in [6, 6.07) is 10.8. The molecule has 134 valence electrons. The Balaban J connectivity index is 1.82. The van der Waals surface area contributed by atoms with E-state index in [0.717, 1.165) is 11.3 Å². The maximum absolute atomic E-state index is 12.6. The number of rotatable bonds is 5. The van der Waals surface area contributed by atoms with Crippen molar-refractivity contribution in [3.8, 4) is 5.75 Å². The molecule has 8 heteroatoms. The molecule has 0 bridgehead atoms. The standard InChI is InChI=1S/C18H18ClN5O2/c1-10-4-6-13(8-11(10)2)20-17-16(22-24-23-17)18(25)21-14-9-12(19)5-7-15(14)26-3/h4-9H,1-3H3,(H,21,25)(H2,20,22,23,24). The molecule has 3 N–H and O–H groups in total. The summed E-state index contributed by atoms with van der Waals surface area (Å²) in [5, 5.41) is 16.8. The number of aryl methyl sites for hydroxylation is 2. The third-order valence-electron chi connectivity index (χ3n) is 3.94. The van der Waals surface area contributed by atoms with Gasteiger partial charge in [0.1, 0.15) is 5.75 Å². The minimum Gasteiger partial charge on any atom is -0.495 e. The number of halogens is 1. The Bertz CT molecular complexity index is 955. The van der Waals surface area contributed by atoms with Crippen molar-refractivity contribution in [3.63, 3.8) is 0 Å². The van der Waals surface area contributed by atoms with Gasteiger partial charge < -0.3 is 15.4 Å². The van der Waals surface area contributed by atoms with Crippen LogP contribution in [0, 0.1) is 13.8 Å². The molecule has 0 saturated heterocycles. The lowest BCUT2D eigenvalue weighted by molar-refractivity contribution is 0.102. The third kappa shape index (κ3) is 3.78. The quantitative estimate of drug-likeness (QED) is 0.628. The fourth-order valence-corrected chi connectivity index (χ4v) is 2.56. The monoisotopic (exact) mass is 371 g/mol. The molecule has 0 aliphatic carbocycles. The molecule has 26 heavy (non-hydrogen) atoms. The van der Waals surface area contributed by atoms with Crippen LogP contribution in [0.15, 0.2) is 36.4 Å². The van der Waals surface area contributed by atoms with Gasteiger partial charge in [0.05, 0.1) is 12.8 Å². The molecule has 0 aliphatic heterocycles. The fourth-order valence-electron chi connectivity index (χ4n) is 2.39. The number of benzene rings is 2. The van der Waals surface area contributed by atoms with Crippen LogP contribution in [0.2, 0.25) is 5.02 Å². The number of carbonyl (C=O) groups is 1. The average Bonchev–Trinajstić information content (AvgIpc) is 3.06. The van der Waals surface area contributed by atoms with Gasteiger partial charge in [-0.1, -0.05) is 17.7 Å². The van der Waals surface area contributed by atoms with E-state index in [1.165, 1.54) is 12.7 Å². The molecule has 3 rings (SSSR count). The Labute approximate surface area is 155 Å². The molecule has 0 saturated carbocycles. The summed E-state index contributed by atoms with van der Waals surface area (Å²) in [5.41, 5.74) is 3.71. The highest BCUT2D eigenvalue weighted by Crippen LogP contribution is 2.28. The van der Waals surface area contributed by atoms with E-state index in [0.29, 0.717) is 22.3 Å². The Morgan fingerprint density at radius 1 is 1.12 bits per heavy atom. The molecule has 1 heterocycles. The number of hydrogen-bond donors (Lipinski definition) is 3. The van der Waals surface area contributed by atoms with E-state index in [9.17, 15) is 4.79 Å². The van der Waals surface area contributed by atoms with E-state index in [4.69, 9.17) is 16.3 Å². The minimum absolute atomic E-state index is 0.130. The minimum atomic E-state index is -0.439. The van der Waals surface area contributed by atoms with Crippen molar-refractivity contribution < 1.29 is 9.53 Å². The first kappa shape index (κ1) is 17.8. The van der Waals surface area contributed by atoms with Crippen molar-refractivity contribution in [1.29, 1.82) is 0 Å². The molecule has 3 aromatic rings. The lowest BCUT2D eigenvalue weighted by Crippen LogP contribution is -2.15. The van der Waals surface area contributed by atoms with Gasteiger partial charge in [0.25, 0.3) is 5.91 Å². The van der Waals surface area contributed by atoms with Crippen LogP contribution >= 0.6 is 11.6 Å². The molecule has 1 aromatic heterocycles. The topological polar surface area (TPSA) is 91.9 Å². The number of aromatic nitrogens is 3. The van der Waals surface area contributed by atoms with Crippen molar-refractivity contribution >= 4 is 34.7 Å². The van der Waals surface area contributed by atoms with Gasteiger partial charge in [-0.05, 0) is 55.3 Å². The normalized spacial score (nSPS) is 10.5. The first-order chi connectivity index (χ1) is 12.5.